The van der Waals surface area contributed by atoms with Crippen LogP contribution in [-0.2, 0) is 9.63 Å². The fourth-order valence-electron chi connectivity index (χ4n) is 2.85. The van der Waals surface area contributed by atoms with Crippen LogP contribution in [-0.4, -0.2) is 35.7 Å². The number of carbonyl (C=O) groups is 1. The molecule has 1 aromatic rings. The maximum absolute atomic E-state index is 13.3. The molecular weight excluding hydrogens is 261 g/mol. The number of hydrogen-bond donors (Lipinski definition) is 1. The summed E-state index contributed by atoms with van der Waals surface area (Å²) in [7, 11) is 0. The highest BCUT2D eigenvalue weighted by atomic mass is 19.1. The van der Waals surface area contributed by atoms with Crippen molar-refractivity contribution in [3.8, 4) is 0 Å². The van der Waals surface area contributed by atoms with E-state index in [-0.39, 0.29) is 23.7 Å². The predicted octanol–water partition coefficient (Wildman–Crippen LogP) is 1.43. The van der Waals surface area contributed by atoms with Gasteiger partial charge in [-0.1, -0.05) is 0 Å². The van der Waals surface area contributed by atoms with Crippen molar-refractivity contribution in [2.45, 2.75) is 25.3 Å². The highest BCUT2D eigenvalue weighted by Crippen LogP contribution is 2.32. The van der Waals surface area contributed by atoms with Crippen LogP contribution in [0, 0.1) is 11.7 Å². The summed E-state index contributed by atoms with van der Waals surface area (Å²) in [5.41, 5.74) is 0.699. The third-order valence-corrected chi connectivity index (χ3v) is 3.92. The first-order valence-corrected chi connectivity index (χ1v) is 7.03. The number of aromatic nitrogens is 1. The van der Waals surface area contributed by atoms with E-state index in [2.05, 4.69) is 10.3 Å². The van der Waals surface area contributed by atoms with E-state index in [9.17, 15) is 9.18 Å². The van der Waals surface area contributed by atoms with Gasteiger partial charge in [0.1, 0.15) is 5.82 Å². The summed E-state index contributed by atoms with van der Waals surface area (Å²) in [4.78, 5) is 21.9. The Bertz CT molecular complexity index is 491. The predicted molar refractivity (Wildman–Crippen MR) is 69.9 cm³/mol. The number of rotatable bonds is 2. The van der Waals surface area contributed by atoms with Gasteiger partial charge in [-0.2, -0.15) is 0 Å². The van der Waals surface area contributed by atoms with Crippen LogP contribution >= 0.6 is 0 Å². The highest BCUT2D eigenvalue weighted by Gasteiger charge is 2.36. The van der Waals surface area contributed by atoms with Gasteiger partial charge in [-0.3, -0.25) is 14.6 Å². The molecule has 6 heteroatoms. The lowest BCUT2D eigenvalue weighted by Crippen LogP contribution is -2.40. The van der Waals surface area contributed by atoms with Crippen molar-refractivity contribution < 1.29 is 14.0 Å². The second-order valence-electron chi connectivity index (χ2n) is 5.26. The largest absolute Gasteiger partial charge is 0.317 e. The van der Waals surface area contributed by atoms with E-state index in [0.29, 0.717) is 18.6 Å². The Labute approximate surface area is 117 Å². The minimum absolute atomic E-state index is 0.00151. The standard InChI is InChI=1S/C14H18FN3O2/c15-12-7-11(8-17-9-12)13-3-6-20-18(13)14(19)10-1-4-16-5-2-10/h7-10,13,16H,1-6H2/t13-/m0/s1. The molecule has 0 saturated carbocycles. The lowest BCUT2D eigenvalue weighted by molar-refractivity contribution is -0.182. The van der Waals surface area contributed by atoms with E-state index < -0.39 is 0 Å². The number of nitrogens with one attached hydrogen (secondary N) is 1. The SMILES string of the molecule is O=C(C1CCNCC1)N1OCC[C@H]1c1cncc(F)c1. The topological polar surface area (TPSA) is 54.5 Å². The maximum atomic E-state index is 13.3. The zero-order chi connectivity index (χ0) is 13.9. The molecule has 0 radical (unpaired) electrons. The molecule has 1 amide bonds. The molecule has 2 aliphatic rings. The lowest BCUT2D eigenvalue weighted by atomic mass is 9.96. The van der Waals surface area contributed by atoms with Gasteiger partial charge in [0.25, 0.3) is 0 Å². The van der Waals surface area contributed by atoms with Gasteiger partial charge in [0.15, 0.2) is 0 Å². The summed E-state index contributed by atoms with van der Waals surface area (Å²) in [6, 6.07) is 1.20. The number of amides is 1. The number of nitrogens with zero attached hydrogens (tertiary/aromatic N) is 2. The molecule has 3 heterocycles. The van der Waals surface area contributed by atoms with Gasteiger partial charge in [0.2, 0.25) is 5.91 Å². The van der Waals surface area contributed by atoms with E-state index >= 15 is 0 Å². The van der Waals surface area contributed by atoms with Gasteiger partial charge in [-0.15, -0.1) is 0 Å². The normalized spacial score (nSPS) is 24.1. The molecule has 108 valence electrons. The van der Waals surface area contributed by atoms with Crippen LogP contribution in [0.1, 0.15) is 30.9 Å². The Morgan fingerprint density at radius 1 is 1.35 bits per heavy atom. The van der Waals surface area contributed by atoms with Crippen LogP contribution < -0.4 is 5.32 Å². The fourth-order valence-corrected chi connectivity index (χ4v) is 2.85. The lowest BCUT2D eigenvalue weighted by Gasteiger charge is -2.29. The van der Waals surface area contributed by atoms with Gasteiger partial charge in [0.05, 0.1) is 18.8 Å². The quantitative estimate of drug-likeness (QED) is 0.889. The van der Waals surface area contributed by atoms with Crippen molar-refractivity contribution in [3.05, 3.63) is 29.8 Å². The molecule has 0 aliphatic carbocycles. The smallest absolute Gasteiger partial charge is 0.249 e. The van der Waals surface area contributed by atoms with Crippen molar-refractivity contribution in [2.75, 3.05) is 19.7 Å². The molecule has 0 bridgehead atoms. The fraction of sp³-hybridized carbons (Fsp3) is 0.571. The summed E-state index contributed by atoms with van der Waals surface area (Å²) in [5, 5.41) is 4.68. The first-order valence-electron chi connectivity index (χ1n) is 7.03. The van der Waals surface area contributed by atoms with Crippen LogP contribution in [0.2, 0.25) is 0 Å². The van der Waals surface area contributed by atoms with Crippen molar-refractivity contribution >= 4 is 5.91 Å². The number of halogens is 1. The molecule has 2 fully saturated rings. The molecule has 0 aromatic carbocycles. The molecule has 2 aliphatic heterocycles. The highest BCUT2D eigenvalue weighted by molar-refractivity contribution is 5.78. The van der Waals surface area contributed by atoms with Crippen molar-refractivity contribution in [3.63, 3.8) is 0 Å². The van der Waals surface area contributed by atoms with E-state index in [0.717, 1.165) is 32.1 Å². The average molecular weight is 279 g/mol. The first kappa shape index (κ1) is 13.5. The zero-order valence-corrected chi connectivity index (χ0v) is 11.2. The molecule has 1 N–H and O–H groups in total. The van der Waals surface area contributed by atoms with Crippen LogP contribution in [0.3, 0.4) is 0 Å². The zero-order valence-electron chi connectivity index (χ0n) is 11.2. The molecule has 0 unspecified atom stereocenters. The minimum atomic E-state index is -0.385. The van der Waals surface area contributed by atoms with Crippen LogP contribution in [0.5, 0.6) is 0 Å². The van der Waals surface area contributed by atoms with Crippen molar-refractivity contribution in [1.29, 1.82) is 0 Å². The summed E-state index contributed by atoms with van der Waals surface area (Å²) in [6.45, 7) is 2.20. The third-order valence-electron chi connectivity index (χ3n) is 3.92. The molecule has 5 nitrogen and oxygen atoms in total. The van der Waals surface area contributed by atoms with E-state index in [1.165, 1.54) is 11.1 Å². The third kappa shape index (κ3) is 2.66. The monoisotopic (exact) mass is 279 g/mol. The number of pyridine rings is 1. The molecule has 1 atom stereocenters. The average Bonchev–Trinajstić information content (AvgIpc) is 2.97. The summed E-state index contributed by atoms with van der Waals surface area (Å²) in [6.07, 6.45) is 5.10. The van der Waals surface area contributed by atoms with Crippen molar-refractivity contribution in [2.24, 2.45) is 5.92 Å². The second-order valence-corrected chi connectivity index (χ2v) is 5.26. The van der Waals surface area contributed by atoms with Crippen LogP contribution in [0.15, 0.2) is 18.5 Å². The summed E-state index contributed by atoms with van der Waals surface area (Å²) < 4.78 is 13.3. The Kier molecular flexibility index (Phi) is 3.93. The Morgan fingerprint density at radius 2 is 2.15 bits per heavy atom. The Morgan fingerprint density at radius 3 is 2.90 bits per heavy atom. The minimum Gasteiger partial charge on any atom is -0.317 e. The number of carbonyl (C=O) groups excluding carboxylic acids is 1. The van der Waals surface area contributed by atoms with Crippen molar-refractivity contribution in [1.82, 2.24) is 15.4 Å². The van der Waals surface area contributed by atoms with Crippen LogP contribution in [0.4, 0.5) is 4.39 Å². The van der Waals surface area contributed by atoms with E-state index in [1.807, 2.05) is 0 Å². The van der Waals surface area contributed by atoms with Gasteiger partial charge in [0, 0.05) is 18.5 Å². The molecule has 2 saturated heterocycles. The van der Waals surface area contributed by atoms with Gasteiger partial charge < -0.3 is 5.32 Å². The Balaban J connectivity index is 1.76. The van der Waals surface area contributed by atoms with Crippen LogP contribution in [0.25, 0.3) is 0 Å². The van der Waals surface area contributed by atoms with Gasteiger partial charge in [-0.25, -0.2) is 9.45 Å². The number of hydrogen-bond acceptors (Lipinski definition) is 4. The first-order chi connectivity index (χ1) is 9.75. The van der Waals surface area contributed by atoms with E-state index in [1.54, 1.807) is 6.20 Å². The molecule has 3 rings (SSSR count). The summed E-state index contributed by atoms with van der Waals surface area (Å²) >= 11 is 0. The molecular formula is C14H18FN3O2. The Hall–Kier alpha value is -1.53. The maximum Gasteiger partial charge on any atom is 0.249 e. The number of piperidine rings is 1. The van der Waals surface area contributed by atoms with Gasteiger partial charge >= 0.3 is 0 Å². The molecule has 1 aromatic heterocycles. The van der Waals surface area contributed by atoms with Gasteiger partial charge in [-0.05, 0) is 37.6 Å². The van der Waals surface area contributed by atoms with E-state index in [4.69, 9.17) is 4.84 Å². The second kappa shape index (κ2) is 5.85. The molecule has 0 spiro atoms. The number of hydroxylamine groups is 2. The molecule has 20 heavy (non-hydrogen) atoms. The summed E-state index contributed by atoms with van der Waals surface area (Å²) in [5.74, 6) is -0.375.